The molecule has 2 rings (SSSR count). The zero-order valence-electron chi connectivity index (χ0n) is 10.8. The number of nitrogens with zero attached hydrogens (tertiary/aromatic N) is 3. The molecular weight excluding hydrogens is 270 g/mol. The molecule has 0 saturated carbocycles. The van der Waals surface area contributed by atoms with Crippen LogP contribution >= 0.6 is 0 Å². The van der Waals surface area contributed by atoms with Crippen LogP contribution in [-0.2, 0) is 0 Å². The third kappa shape index (κ3) is 3.28. The summed E-state index contributed by atoms with van der Waals surface area (Å²) < 4.78 is 36.8. The Bertz CT molecular complexity index is 622. The molecule has 20 heavy (non-hydrogen) atoms. The molecule has 2 aromatic rings. The van der Waals surface area contributed by atoms with Gasteiger partial charge in [-0.2, -0.15) is 14.4 Å². The van der Waals surface area contributed by atoms with Gasteiger partial charge in [0.15, 0.2) is 11.6 Å². The first-order valence-corrected chi connectivity index (χ1v) is 5.76. The van der Waals surface area contributed by atoms with E-state index in [1.807, 2.05) is 0 Å². The molecule has 0 saturated heterocycles. The lowest BCUT2D eigenvalue weighted by Gasteiger charge is -2.09. The minimum atomic E-state index is -1.14. The van der Waals surface area contributed by atoms with Crippen molar-refractivity contribution in [3.63, 3.8) is 0 Å². The van der Waals surface area contributed by atoms with E-state index >= 15 is 0 Å². The van der Waals surface area contributed by atoms with Gasteiger partial charge in [0.1, 0.15) is 0 Å². The lowest BCUT2D eigenvalue weighted by Crippen LogP contribution is -2.11. The molecule has 2 N–H and O–H groups in total. The topological polar surface area (TPSA) is 83.2 Å². The highest BCUT2D eigenvalue weighted by molar-refractivity contribution is 5.29. The van der Waals surface area contributed by atoms with Gasteiger partial charge in [-0.3, -0.25) is 0 Å². The van der Waals surface area contributed by atoms with Crippen LogP contribution in [0, 0.1) is 11.6 Å². The number of hydrogen-bond acceptors (Lipinski definition) is 6. The van der Waals surface area contributed by atoms with E-state index in [-0.39, 0.29) is 29.8 Å². The van der Waals surface area contributed by atoms with Crippen molar-refractivity contribution in [1.82, 2.24) is 15.0 Å². The minimum Gasteiger partial charge on any atom is -0.461 e. The van der Waals surface area contributed by atoms with E-state index in [1.54, 1.807) is 13.8 Å². The monoisotopic (exact) mass is 282 g/mol. The Hall–Kier alpha value is -2.51. The van der Waals surface area contributed by atoms with Crippen molar-refractivity contribution < 1.29 is 18.3 Å². The van der Waals surface area contributed by atoms with Crippen molar-refractivity contribution in [2.45, 2.75) is 20.0 Å². The molecule has 106 valence electrons. The summed E-state index contributed by atoms with van der Waals surface area (Å²) in [6.45, 7) is 3.54. The van der Waals surface area contributed by atoms with Gasteiger partial charge in [0, 0.05) is 0 Å². The molecule has 0 aliphatic rings. The SMILES string of the molecule is CC(C)Oc1nc(N)nc(Oc2cccc(F)c2F)n1. The van der Waals surface area contributed by atoms with Crippen LogP contribution in [0.4, 0.5) is 14.7 Å². The fraction of sp³-hybridized carbons (Fsp3) is 0.250. The molecule has 6 nitrogen and oxygen atoms in total. The summed E-state index contributed by atoms with van der Waals surface area (Å²) in [5, 5.41) is 0. The highest BCUT2D eigenvalue weighted by Gasteiger charge is 2.13. The number of ether oxygens (including phenoxy) is 2. The van der Waals surface area contributed by atoms with Gasteiger partial charge >= 0.3 is 12.0 Å². The van der Waals surface area contributed by atoms with Crippen molar-refractivity contribution in [3.8, 4) is 17.8 Å². The zero-order chi connectivity index (χ0) is 14.7. The second-order valence-electron chi connectivity index (χ2n) is 4.08. The largest absolute Gasteiger partial charge is 0.461 e. The number of benzene rings is 1. The van der Waals surface area contributed by atoms with Crippen molar-refractivity contribution in [3.05, 3.63) is 29.8 Å². The maximum atomic E-state index is 13.5. The third-order valence-corrected chi connectivity index (χ3v) is 2.07. The maximum absolute atomic E-state index is 13.5. The molecule has 0 unspecified atom stereocenters. The predicted molar refractivity (Wildman–Crippen MR) is 66.4 cm³/mol. The van der Waals surface area contributed by atoms with Gasteiger partial charge in [0.2, 0.25) is 11.8 Å². The quantitative estimate of drug-likeness (QED) is 0.926. The Labute approximate surface area is 113 Å². The van der Waals surface area contributed by atoms with Gasteiger partial charge in [-0.05, 0) is 26.0 Å². The van der Waals surface area contributed by atoms with Crippen LogP contribution in [0.3, 0.4) is 0 Å². The fourth-order valence-corrected chi connectivity index (χ4v) is 1.32. The Morgan fingerprint density at radius 1 is 1.10 bits per heavy atom. The summed E-state index contributed by atoms with van der Waals surface area (Å²) >= 11 is 0. The van der Waals surface area contributed by atoms with E-state index in [4.69, 9.17) is 15.2 Å². The van der Waals surface area contributed by atoms with Crippen LogP contribution < -0.4 is 15.2 Å². The Balaban J connectivity index is 2.29. The highest BCUT2D eigenvalue weighted by Crippen LogP contribution is 2.24. The highest BCUT2D eigenvalue weighted by atomic mass is 19.2. The number of nitrogens with two attached hydrogens (primary N) is 1. The van der Waals surface area contributed by atoms with Gasteiger partial charge in [-0.15, -0.1) is 4.98 Å². The number of nitrogen functional groups attached to an aromatic ring is 1. The maximum Gasteiger partial charge on any atom is 0.330 e. The number of rotatable bonds is 4. The molecular formula is C12H12F2N4O2. The first-order valence-electron chi connectivity index (χ1n) is 5.76. The standard InChI is InChI=1S/C12H12F2N4O2/c1-6(2)19-11-16-10(15)17-12(18-11)20-8-5-3-4-7(13)9(8)14/h3-6H,1-2H3,(H2,15,16,17,18). The summed E-state index contributed by atoms with van der Waals surface area (Å²) in [6.07, 6.45) is -0.185. The smallest absolute Gasteiger partial charge is 0.330 e. The molecule has 1 aromatic heterocycles. The van der Waals surface area contributed by atoms with Crippen molar-refractivity contribution in [2.75, 3.05) is 5.73 Å². The average molecular weight is 282 g/mol. The van der Waals surface area contributed by atoms with E-state index in [1.165, 1.54) is 12.1 Å². The van der Waals surface area contributed by atoms with E-state index in [0.29, 0.717) is 0 Å². The van der Waals surface area contributed by atoms with Crippen molar-refractivity contribution in [1.29, 1.82) is 0 Å². The van der Waals surface area contributed by atoms with Crippen LogP contribution in [0.25, 0.3) is 0 Å². The summed E-state index contributed by atoms with van der Waals surface area (Å²) in [7, 11) is 0. The van der Waals surface area contributed by atoms with E-state index in [0.717, 1.165) is 6.07 Å². The van der Waals surface area contributed by atoms with Crippen LogP contribution in [0.5, 0.6) is 17.8 Å². The molecule has 0 aliphatic heterocycles. The fourth-order valence-electron chi connectivity index (χ4n) is 1.32. The van der Waals surface area contributed by atoms with E-state index in [2.05, 4.69) is 15.0 Å². The predicted octanol–water partition coefficient (Wildman–Crippen LogP) is 2.31. The second kappa shape index (κ2) is 5.64. The van der Waals surface area contributed by atoms with Crippen molar-refractivity contribution >= 4 is 5.95 Å². The number of halogens is 2. The van der Waals surface area contributed by atoms with Crippen LogP contribution in [-0.4, -0.2) is 21.1 Å². The van der Waals surface area contributed by atoms with Crippen LogP contribution in [0.2, 0.25) is 0 Å². The summed E-state index contributed by atoms with van der Waals surface area (Å²) in [5.74, 6) is -2.69. The Morgan fingerprint density at radius 2 is 1.80 bits per heavy atom. The molecule has 8 heteroatoms. The second-order valence-corrected chi connectivity index (χ2v) is 4.08. The summed E-state index contributed by atoms with van der Waals surface area (Å²) in [6, 6.07) is 3.17. The van der Waals surface area contributed by atoms with Gasteiger partial charge in [0.05, 0.1) is 6.10 Å². The lowest BCUT2D eigenvalue weighted by molar-refractivity contribution is 0.218. The number of aromatic nitrogens is 3. The average Bonchev–Trinajstić information content (AvgIpc) is 2.33. The molecule has 0 bridgehead atoms. The molecule has 0 atom stereocenters. The molecule has 0 fully saturated rings. The van der Waals surface area contributed by atoms with Crippen LogP contribution in [0.1, 0.15) is 13.8 Å². The van der Waals surface area contributed by atoms with Gasteiger partial charge in [-0.1, -0.05) is 6.07 Å². The molecule has 0 amide bonds. The van der Waals surface area contributed by atoms with Crippen molar-refractivity contribution in [2.24, 2.45) is 0 Å². The summed E-state index contributed by atoms with van der Waals surface area (Å²) in [5.41, 5.74) is 5.47. The van der Waals surface area contributed by atoms with Gasteiger partial charge < -0.3 is 15.2 Å². The first kappa shape index (κ1) is 13.9. The lowest BCUT2D eigenvalue weighted by atomic mass is 10.3. The van der Waals surface area contributed by atoms with Gasteiger partial charge in [-0.25, -0.2) is 4.39 Å². The number of anilines is 1. The molecule has 1 aromatic carbocycles. The van der Waals surface area contributed by atoms with Gasteiger partial charge in [0.25, 0.3) is 0 Å². The Kier molecular flexibility index (Phi) is 3.92. The normalized spacial score (nSPS) is 10.7. The van der Waals surface area contributed by atoms with E-state index in [9.17, 15) is 8.78 Å². The minimum absolute atomic E-state index is 0.0562. The van der Waals surface area contributed by atoms with Crippen LogP contribution in [0.15, 0.2) is 18.2 Å². The molecule has 0 radical (unpaired) electrons. The third-order valence-electron chi connectivity index (χ3n) is 2.07. The molecule has 1 heterocycles. The first-order chi connectivity index (χ1) is 9.45. The van der Waals surface area contributed by atoms with E-state index < -0.39 is 11.6 Å². The Morgan fingerprint density at radius 3 is 2.50 bits per heavy atom. The summed E-state index contributed by atoms with van der Waals surface area (Å²) in [4.78, 5) is 11.2. The zero-order valence-corrected chi connectivity index (χ0v) is 10.8. The molecule has 0 spiro atoms. The molecule has 0 aliphatic carbocycles. The number of hydrogen-bond donors (Lipinski definition) is 1.